The molecule has 0 fully saturated rings. The van der Waals surface area contributed by atoms with E-state index in [1.807, 2.05) is 18.4 Å². The summed E-state index contributed by atoms with van der Waals surface area (Å²) in [7, 11) is -3.45. The third-order valence-electron chi connectivity index (χ3n) is 3.92. The maximum atomic E-state index is 12.3. The first-order valence-electron chi connectivity index (χ1n) is 7.12. The fourth-order valence-electron chi connectivity index (χ4n) is 2.12. The van der Waals surface area contributed by atoms with E-state index in [1.165, 1.54) is 0 Å². The maximum absolute atomic E-state index is 12.3. The molecule has 0 aliphatic heterocycles. The fraction of sp³-hybridized carbons (Fsp3) is 0.600. The van der Waals surface area contributed by atoms with Gasteiger partial charge in [-0.1, -0.05) is 26.0 Å². The van der Waals surface area contributed by atoms with Crippen LogP contribution in [-0.4, -0.2) is 31.8 Å². The van der Waals surface area contributed by atoms with Gasteiger partial charge in [-0.25, -0.2) is 13.1 Å². The Hall–Kier alpha value is -0.230. The number of alkyl halides is 1. The summed E-state index contributed by atoms with van der Waals surface area (Å²) in [4.78, 5) is 0.308. The quantitative estimate of drug-likeness (QED) is 0.692. The molecule has 0 aliphatic rings. The molecule has 6 heteroatoms. The van der Waals surface area contributed by atoms with E-state index in [0.29, 0.717) is 17.3 Å². The number of hydrogen-bond donors (Lipinski definition) is 1. The maximum Gasteiger partial charge on any atom is 0.240 e. The van der Waals surface area contributed by atoms with Crippen LogP contribution in [0.2, 0.25) is 0 Å². The number of nitrogens with one attached hydrogen (secondary N) is 1. The molecule has 0 saturated heterocycles. The number of benzene rings is 1. The molecule has 0 saturated carbocycles. The molecule has 21 heavy (non-hydrogen) atoms. The van der Waals surface area contributed by atoms with Crippen LogP contribution in [0.15, 0.2) is 29.2 Å². The van der Waals surface area contributed by atoms with Crippen LogP contribution in [0.25, 0.3) is 0 Å². The first kappa shape index (κ1) is 18.8. The predicted molar refractivity (Wildman–Crippen MR) is 92.9 cm³/mol. The van der Waals surface area contributed by atoms with Crippen molar-refractivity contribution in [2.75, 3.05) is 18.7 Å². The van der Waals surface area contributed by atoms with Crippen molar-refractivity contribution in [3.05, 3.63) is 29.8 Å². The van der Waals surface area contributed by atoms with Crippen molar-refractivity contribution in [3.8, 4) is 0 Å². The number of sulfonamides is 1. The summed E-state index contributed by atoms with van der Waals surface area (Å²) in [5, 5.41) is 0. The van der Waals surface area contributed by atoms with Crippen LogP contribution in [0.5, 0.6) is 0 Å². The monoisotopic (exact) mass is 349 g/mol. The molecule has 0 spiro atoms. The van der Waals surface area contributed by atoms with E-state index in [0.717, 1.165) is 24.8 Å². The van der Waals surface area contributed by atoms with Crippen LogP contribution in [0.1, 0.15) is 32.3 Å². The van der Waals surface area contributed by atoms with Gasteiger partial charge in [-0.3, -0.25) is 0 Å². The molecular formula is C15H24ClNO2S2. The SMILES string of the molecule is CCC(CC)(CNS(=O)(=O)c1ccc(CCCl)cc1)SC. The summed E-state index contributed by atoms with van der Waals surface area (Å²) < 4.78 is 27.4. The zero-order valence-corrected chi connectivity index (χ0v) is 15.2. The smallest absolute Gasteiger partial charge is 0.210 e. The van der Waals surface area contributed by atoms with Gasteiger partial charge in [0.15, 0.2) is 0 Å². The Morgan fingerprint density at radius 1 is 1.19 bits per heavy atom. The predicted octanol–water partition coefficient (Wildman–Crippen LogP) is 3.67. The summed E-state index contributed by atoms with van der Waals surface area (Å²) >= 11 is 7.40. The Bertz CT molecular complexity index is 517. The molecular weight excluding hydrogens is 326 g/mol. The fourth-order valence-corrected chi connectivity index (χ4v) is 4.35. The topological polar surface area (TPSA) is 46.2 Å². The Morgan fingerprint density at radius 2 is 1.76 bits per heavy atom. The van der Waals surface area contributed by atoms with Crippen LogP contribution in [0.4, 0.5) is 0 Å². The van der Waals surface area contributed by atoms with Crippen molar-refractivity contribution in [2.45, 2.75) is 42.8 Å². The van der Waals surface area contributed by atoms with Crippen molar-refractivity contribution >= 4 is 33.4 Å². The average Bonchev–Trinajstić information content (AvgIpc) is 2.50. The van der Waals surface area contributed by atoms with Crippen LogP contribution in [0.3, 0.4) is 0 Å². The number of thioether (sulfide) groups is 1. The van der Waals surface area contributed by atoms with Gasteiger partial charge in [-0.2, -0.15) is 11.8 Å². The van der Waals surface area contributed by atoms with Gasteiger partial charge >= 0.3 is 0 Å². The molecule has 3 nitrogen and oxygen atoms in total. The Balaban J connectivity index is 2.81. The van der Waals surface area contributed by atoms with Crippen LogP contribution >= 0.6 is 23.4 Å². The van der Waals surface area contributed by atoms with Gasteiger partial charge in [-0.05, 0) is 43.2 Å². The second-order valence-corrected chi connectivity index (χ2v) is 8.42. The summed E-state index contributed by atoms with van der Waals surface area (Å²) in [5.41, 5.74) is 1.05. The van der Waals surface area contributed by atoms with E-state index in [4.69, 9.17) is 11.6 Å². The van der Waals surface area contributed by atoms with Crippen molar-refractivity contribution in [3.63, 3.8) is 0 Å². The number of hydrogen-bond acceptors (Lipinski definition) is 3. The summed E-state index contributed by atoms with van der Waals surface area (Å²) in [6.07, 6.45) is 4.64. The van der Waals surface area contributed by atoms with E-state index < -0.39 is 10.0 Å². The molecule has 0 radical (unpaired) electrons. The lowest BCUT2D eigenvalue weighted by atomic mass is 10.0. The molecule has 0 amide bonds. The van der Waals surface area contributed by atoms with E-state index >= 15 is 0 Å². The molecule has 0 unspecified atom stereocenters. The van der Waals surface area contributed by atoms with E-state index in [1.54, 1.807) is 23.9 Å². The third kappa shape index (κ3) is 5.16. The molecule has 0 bridgehead atoms. The normalized spacial score (nSPS) is 12.6. The number of aryl methyl sites for hydroxylation is 1. The lowest BCUT2D eigenvalue weighted by Crippen LogP contribution is -2.39. The average molecular weight is 350 g/mol. The lowest BCUT2D eigenvalue weighted by molar-refractivity contribution is 0.522. The highest BCUT2D eigenvalue weighted by molar-refractivity contribution is 8.00. The van der Waals surface area contributed by atoms with Crippen LogP contribution in [0, 0.1) is 0 Å². The van der Waals surface area contributed by atoms with Gasteiger partial charge in [-0.15, -0.1) is 11.6 Å². The Kier molecular flexibility index (Phi) is 7.54. The van der Waals surface area contributed by atoms with Gasteiger partial charge in [0.05, 0.1) is 4.90 Å². The minimum atomic E-state index is -3.45. The van der Waals surface area contributed by atoms with Gasteiger partial charge < -0.3 is 0 Å². The lowest BCUT2D eigenvalue weighted by Gasteiger charge is -2.29. The zero-order valence-electron chi connectivity index (χ0n) is 12.9. The zero-order chi connectivity index (χ0) is 15.9. The van der Waals surface area contributed by atoms with Gasteiger partial charge in [0.25, 0.3) is 0 Å². The van der Waals surface area contributed by atoms with Crippen LogP contribution in [-0.2, 0) is 16.4 Å². The third-order valence-corrected chi connectivity index (χ3v) is 7.12. The van der Waals surface area contributed by atoms with E-state index in [9.17, 15) is 8.42 Å². The van der Waals surface area contributed by atoms with Gasteiger partial charge in [0.1, 0.15) is 0 Å². The molecule has 0 heterocycles. The standard InChI is InChI=1S/C15H24ClNO2S2/c1-4-15(5-2,20-3)12-17-21(18,19)14-8-6-13(7-9-14)10-11-16/h6-9,17H,4-5,10-12H2,1-3H3. The first-order chi connectivity index (χ1) is 9.93. The Morgan fingerprint density at radius 3 is 2.19 bits per heavy atom. The molecule has 1 rings (SSSR count). The Labute approximate surface area is 137 Å². The second-order valence-electron chi connectivity index (χ2n) is 5.00. The summed E-state index contributed by atoms with van der Waals surface area (Å²) in [5.74, 6) is 0.535. The number of halogens is 1. The molecule has 0 atom stereocenters. The van der Waals surface area contributed by atoms with E-state index in [2.05, 4.69) is 18.6 Å². The van der Waals surface area contributed by atoms with Gasteiger partial charge in [0, 0.05) is 17.2 Å². The molecule has 120 valence electrons. The van der Waals surface area contributed by atoms with Crippen molar-refractivity contribution in [1.29, 1.82) is 0 Å². The first-order valence-corrected chi connectivity index (χ1v) is 10.4. The van der Waals surface area contributed by atoms with Crippen molar-refractivity contribution in [1.82, 2.24) is 4.72 Å². The van der Waals surface area contributed by atoms with Crippen molar-refractivity contribution < 1.29 is 8.42 Å². The minimum absolute atomic E-state index is 0.0361. The largest absolute Gasteiger partial charge is 0.240 e. The summed E-state index contributed by atoms with van der Waals surface area (Å²) in [6, 6.07) is 6.92. The van der Waals surface area contributed by atoms with Gasteiger partial charge in [0.2, 0.25) is 10.0 Å². The molecule has 1 aromatic carbocycles. The highest BCUT2D eigenvalue weighted by Gasteiger charge is 2.27. The summed E-state index contributed by atoms with van der Waals surface area (Å²) in [6.45, 7) is 4.64. The van der Waals surface area contributed by atoms with E-state index in [-0.39, 0.29) is 4.75 Å². The van der Waals surface area contributed by atoms with Crippen molar-refractivity contribution in [2.24, 2.45) is 0 Å². The molecule has 0 aliphatic carbocycles. The number of rotatable bonds is 9. The molecule has 1 aromatic rings. The van der Waals surface area contributed by atoms with Crippen LogP contribution < -0.4 is 4.72 Å². The molecule has 1 N–H and O–H groups in total. The minimum Gasteiger partial charge on any atom is -0.210 e. The second kappa shape index (κ2) is 8.42. The highest BCUT2D eigenvalue weighted by Crippen LogP contribution is 2.30. The highest BCUT2D eigenvalue weighted by atomic mass is 35.5. The molecule has 0 aromatic heterocycles.